The lowest BCUT2D eigenvalue weighted by atomic mass is 10.0. The summed E-state index contributed by atoms with van der Waals surface area (Å²) in [4.78, 5) is 0.101. The van der Waals surface area contributed by atoms with E-state index in [0.717, 1.165) is 20.3 Å². The molecule has 1 atom stereocenters. The second kappa shape index (κ2) is 6.41. The number of fused-ring (bicyclic) bond motifs is 1. The average Bonchev–Trinajstić information content (AvgIpc) is 2.92. The number of thiophene rings is 1. The first-order valence-electron chi connectivity index (χ1n) is 6.25. The Morgan fingerprint density at radius 2 is 1.90 bits per heavy atom. The molecule has 0 amide bonds. The molecule has 3 rings (SSSR count). The standard InChI is InChI=1S/C16H11Br3OS/c1-20-14-7-9(17)5-6-11(14)15(19)12-8-21-16-10(12)3-2-4-13(16)18/h2-8,15H,1H3. The SMILES string of the molecule is COc1cc(Br)ccc1C(Br)c1csc2c(Br)cccc12. The van der Waals surface area contributed by atoms with Gasteiger partial charge in [0.25, 0.3) is 0 Å². The zero-order chi connectivity index (χ0) is 15.0. The van der Waals surface area contributed by atoms with Crippen molar-refractivity contribution < 1.29 is 4.74 Å². The second-order valence-electron chi connectivity index (χ2n) is 4.56. The van der Waals surface area contributed by atoms with Gasteiger partial charge in [-0.15, -0.1) is 11.3 Å². The molecular formula is C16H11Br3OS. The van der Waals surface area contributed by atoms with E-state index in [4.69, 9.17) is 4.74 Å². The fourth-order valence-corrected chi connectivity index (χ4v) is 5.22. The Kier molecular flexibility index (Phi) is 4.74. The third-order valence-electron chi connectivity index (χ3n) is 3.32. The van der Waals surface area contributed by atoms with Crippen molar-refractivity contribution in [3.8, 4) is 5.75 Å². The first-order chi connectivity index (χ1) is 10.1. The molecule has 5 heteroatoms. The lowest BCUT2D eigenvalue weighted by molar-refractivity contribution is 0.410. The largest absolute Gasteiger partial charge is 0.496 e. The van der Waals surface area contributed by atoms with E-state index in [9.17, 15) is 0 Å². The summed E-state index contributed by atoms with van der Waals surface area (Å²) in [7, 11) is 1.70. The lowest BCUT2D eigenvalue weighted by Gasteiger charge is -2.14. The van der Waals surface area contributed by atoms with E-state index >= 15 is 0 Å². The lowest BCUT2D eigenvalue weighted by Crippen LogP contribution is -1.96. The van der Waals surface area contributed by atoms with Gasteiger partial charge in [-0.25, -0.2) is 0 Å². The Morgan fingerprint density at radius 3 is 2.67 bits per heavy atom. The molecule has 1 unspecified atom stereocenters. The highest BCUT2D eigenvalue weighted by molar-refractivity contribution is 9.11. The zero-order valence-corrected chi connectivity index (χ0v) is 16.6. The summed E-state index contributed by atoms with van der Waals surface area (Å²) < 4.78 is 8.94. The average molecular weight is 491 g/mol. The summed E-state index contributed by atoms with van der Waals surface area (Å²) in [6.45, 7) is 0. The van der Waals surface area contributed by atoms with Crippen molar-refractivity contribution in [3.63, 3.8) is 0 Å². The Morgan fingerprint density at radius 1 is 1.10 bits per heavy atom. The van der Waals surface area contributed by atoms with Gasteiger partial charge in [0.15, 0.2) is 0 Å². The van der Waals surface area contributed by atoms with Crippen LogP contribution in [0, 0.1) is 0 Å². The summed E-state index contributed by atoms with van der Waals surface area (Å²) in [6, 6.07) is 12.4. The van der Waals surface area contributed by atoms with Crippen LogP contribution in [0.4, 0.5) is 0 Å². The number of rotatable bonds is 3. The molecule has 2 aromatic carbocycles. The number of ether oxygens (including phenoxy) is 1. The maximum Gasteiger partial charge on any atom is 0.124 e. The molecular weight excluding hydrogens is 480 g/mol. The Labute approximate surface area is 152 Å². The Hall–Kier alpha value is -0.360. The third-order valence-corrected chi connectivity index (χ3v) is 6.77. The molecule has 108 valence electrons. The van der Waals surface area contributed by atoms with Crippen molar-refractivity contribution in [2.75, 3.05) is 7.11 Å². The third kappa shape index (κ3) is 2.93. The van der Waals surface area contributed by atoms with Crippen LogP contribution >= 0.6 is 59.1 Å². The highest BCUT2D eigenvalue weighted by atomic mass is 79.9. The van der Waals surface area contributed by atoms with Gasteiger partial charge >= 0.3 is 0 Å². The summed E-state index contributed by atoms with van der Waals surface area (Å²) in [5, 5.41) is 3.47. The second-order valence-corrected chi connectivity index (χ2v) is 8.12. The molecule has 1 aromatic heterocycles. The molecule has 0 aliphatic rings. The smallest absolute Gasteiger partial charge is 0.124 e. The van der Waals surface area contributed by atoms with E-state index < -0.39 is 0 Å². The van der Waals surface area contributed by atoms with E-state index in [2.05, 4.69) is 77.4 Å². The minimum absolute atomic E-state index is 0.101. The minimum Gasteiger partial charge on any atom is -0.496 e. The Balaban J connectivity index is 2.13. The van der Waals surface area contributed by atoms with Gasteiger partial charge in [-0.2, -0.15) is 0 Å². The summed E-state index contributed by atoms with van der Waals surface area (Å²) in [5.41, 5.74) is 2.39. The summed E-state index contributed by atoms with van der Waals surface area (Å²) in [6.07, 6.45) is 0. The predicted molar refractivity (Wildman–Crippen MR) is 101 cm³/mol. The van der Waals surface area contributed by atoms with Crippen molar-refractivity contribution in [2.45, 2.75) is 4.83 Å². The van der Waals surface area contributed by atoms with Gasteiger partial charge in [-0.1, -0.05) is 50.1 Å². The molecule has 1 heterocycles. The van der Waals surface area contributed by atoms with E-state index in [1.165, 1.54) is 15.6 Å². The molecule has 0 saturated carbocycles. The molecule has 0 aliphatic heterocycles. The molecule has 0 bridgehead atoms. The van der Waals surface area contributed by atoms with Crippen LogP contribution in [0.2, 0.25) is 0 Å². The number of alkyl halides is 1. The molecule has 21 heavy (non-hydrogen) atoms. The van der Waals surface area contributed by atoms with Crippen LogP contribution in [0.15, 0.2) is 50.7 Å². The topological polar surface area (TPSA) is 9.23 Å². The van der Waals surface area contributed by atoms with Crippen molar-refractivity contribution >= 4 is 69.2 Å². The van der Waals surface area contributed by atoms with Crippen LogP contribution in [-0.4, -0.2) is 7.11 Å². The van der Waals surface area contributed by atoms with E-state index in [-0.39, 0.29) is 4.83 Å². The highest BCUT2D eigenvalue weighted by Gasteiger charge is 2.19. The number of hydrogen-bond donors (Lipinski definition) is 0. The van der Waals surface area contributed by atoms with Gasteiger partial charge in [-0.3, -0.25) is 0 Å². The van der Waals surface area contributed by atoms with Crippen molar-refractivity contribution in [3.05, 3.63) is 61.9 Å². The highest BCUT2D eigenvalue weighted by Crippen LogP contribution is 2.43. The molecule has 0 radical (unpaired) electrons. The normalized spacial score (nSPS) is 12.6. The van der Waals surface area contributed by atoms with E-state index in [0.29, 0.717) is 0 Å². The van der Waals surface area contributed by atoms with Crippen LogP contribution in [-0.2, 0) is 0 Å². The zero-order valence-electron chi connectivity index (χ0n) is 11.1. The van der Waals surface area contributed by atoms with E-state index in [1.807, 2.05) is 12.1 Å². The number of benzene rings is 2. The Bertz CT molecular complexity index is 797. The first kappa shape index (κ1) is 15.5. The van der Waals surface area contributed by atoms with E-state index in [1.54, 1.807) is 18.4 Å². The molecule has 0 spiro atoms. The van der Waals surface area contributed by atoms with Gasteiger partial charge in [0, 0.05) is 19.2 Å². The summed E-state index contributed by atoms with van der Waals surface area (Å²) >= 11 is 12.7. The number of methoxy groups -OCH3 is 1. The van der Waals surface area contributed by atoms with Crippen molar-refractivity contribution in [2.24, 2.45) is 0 Å². The van der Waals surface area contributed by atoms with Crippen LogP contribution in [0.1, 0.15) is 16.0 Å². The van der Waals surface area contributed by atoms with Gasteiger partial charge in [0.1, 0.15) is 5.75 Å². The van der Waals surface area contributed by atoms with Crippen LogP contribution in [0.3, 0.4) is 0 Å². The minimum atomic E-state index is 0.101. The van der Waals surface area contributed by atoms with Crippen LogP contribution in [0.25, 0.3) is 10.1 Å². The fourth-order valence-electron chi connectivity index (χ4n) is 2.30. The van der Waals surface area contributed by atoms with Crippen LogP contribution < -0.4 is 4.74 Å². The molecule has 0 saturated heterocycles. The van der Waals surface area contributed by atoms with Gasteiger partial charge in [0.05, 0.1) is 11.9 Å². The number of halogens is 3. The van der Waals surface area contributed by atoms with Gasteiger partial charge < -0.3 is 4.74 Å². The van der Waals surface area contributed by atoms with Crippen LogP contribution in [0.5, 0.6) is 5.75 Å². The first-order valence-corrected chi connectivity index (χ1v) is 9.63. The maximum atomic E-state index is 5.52. The predicted octanol–water partition coefficient (Wildman–Crippen LogP) is 6.92. The quantitative estimate of drug-likeness (QED) is 0.362. The molecule has 3 aromatic rings. The van der Waals surface area contributed by atoms with Gasteiger partial charge in [-0.05, 0) is 50.5 Å². The van der Waals surface area contributed by atoms with Crippen molar-refractivity contribution in [1.29, 1.82) is 0 Å². The molecule has 0 aliphatic carbocycles. The van der Waals surface area contributed by atoms with Crippen molar-refractivity contribution in [1.82, 2.24) is 0 Å². The molecule has 0 N–H and O–H groups in total. The maximum absolute atomic E-state index is 5.52. The van der Waals surface area contributed by atoms with Gasteiger partial charge in [0.2, 0.25) is 0 Å². The monoisotopic (exact) mass is 488 g/mol. The summed E-state index contributed by atoms with van der Waals surface area (Å²) in [5.74, 6) is 0.876. The fraction of sp³-hybridized carbons (Fsp3) is 0.125. The molecule has 1 nitrogen and oxygen atoms in total. The molecule has 0 fully saturated rings. The number of hydrogen-bond acceptors (Lipinski definition) is 2.